The van der Waals surface area contributed by atoms with Gasteiger partial charge < -0.3 is 10.1 Å². The van der Waals surface area contributed by atoms with Crippen molar-refractivity contribution in [2.24, 2.45) is 5.92 Å². The zero-order valence-corrected chi connectivity index (χ0v) is 10.2. The molecule has 16 heavy (non-hydrogen) atoms. The Labute approximate surface area is 103 Å². The van der Waals surface area contributed by atoms with E-state index in [1.165, 1.54) is 18.4 Å². The first-order chi connectivity index (χ1) is 7.45. The van der Waals surface area contributed by atoms with E-state index in [4.69, 9.17) is 4.74 Å². The minimum absolute atomic E-state index is 0. The van der Waals surface area contributed by atoms with Crippen LogP contribution in [0.5, 0.6) is 0 Å². The lowest BCUT2D eigenvalue weighted by Gasteiger charge is -2.22. The molecule has 1 saturated heterocycles. The van der Waals surface area contributed by atoms with Crippen LogP contribution in [0.2, 0.25) is 0 Å². The lowest BCUT2D eigenvalue weighted by Crippen LogP contribution is -2.29. The Bertz CT molecular complexity index is 276. The molecule has 1 aromatic heterocycles. The third-order valence-electron chi connectivity index (χ3n) is 2.83. The Hall–Kier alpha value is -0.640. The molecule has 0 saturated carbocycles. The van der Waals surface area contributed by atoms with Crippen LogP contribution in [-0.2, 0) is 11.3 Å². The number of nitrogens with one attached hydrogen (secondary N) is 1. The van der Waals surface area contributed by atoms with Gasteiger partial charge >= 0.3 is 0 Å². The largest absolute Gasteiger partial charge is 0.376 e. The van der Waals surface area contributed by atoms with Crippen LogP contribution in [0.1, 0.15) is 18.4 Å². The van der Waals surface area contributed by atoms with Gasteiger partial charge in [-0.05, 0) is 49.5 Å². The number of nitrogens with zero attached hydrogens (tertiary/aromatic N) is 1. The number of halogens is 1. The summed E-state index contributed by atoms with van der Waals surface area (Å²) in [4.78, 5) is 3.98. The Morgan fingerprint density at radius 2 is 1.94 bits per heavy atom. The highest BCUT2D eigenvalue weighted by Gasteiger charge is 2.12. The highest BCUT2D eigenvalue weighted by molar-refractivity contribution is 5.85. The molecule has 1 N–H and O–H groups in total. The van der Waals surface area contributed by atoms with Crippen LogP contribution in [0.4, 0.5) is 0 Å². The lowest BCUT2D eigenvalue weighted by atomic mass is 9.99. The van der Waals surface area contributed by atoms with Crippen LogP contribution in [0.25, 0.3) is 0 Å². The van der Waals surface area contributed by atoms with Crippen LogP contribution in [-0.4, -0.2) is 24.7 Å². The van der Waals surface area contributed by atoms with Gasteiger partial charge in [-0.2, -0.15) is 0 Å². The normalized spacial score (nSPS) is 16.8. The summed E-state index contributed by atoms with van der Waals surface area (Å²) in [5, 5.41) is 3.36. The van der Waals surface area contributed by atoms with Gasteiger partial charge in [-0.15, -0.1) is 12.4 Å². The van der Waals surface area contributed by atoms with E-state index >= 15 is 0 Å². The predicted octanol–water partition coefficient (Wildman–Crippen LogP) is 2.02. The van der Waals surface area contributed by atoms with Gasteiger partial charge in [-0.25, -0.2) is 0 Å². The Morgan fingerprint density at radius 3 is 2.62 bits per heavy atom. The van der Waals surface area contributed by atoms with Crippen LogP contribution in [0.3, 0.4) is 0 Å². The van der Waals surface area contributed by atoms with E-state index in [1.54, 1.807) is 0 Å². The molecule has 0 spiro atoms. The van der Waals surface area contributed by atoms with Crippen molar-refractivity contribution in [3.8, 4) is 0 Å². The smallest absolute Gasteiger partial charge is 0.0718 e. The molecule has 0 aliphatic carbocycles. The molecule has 0 atom stereocenters. The number of aromatic nitrogens is 1. The van der Waals surface area contributed by atoms with Crippen molar-refractivity contribution in [3.05, 3.63) is 30.1 Å². The number of hydrogen-bond acceptors (Lipinski definition) is 3. The lowest BCUT2D eigenvalue weighted by molar-refractivity contribution is 0.0763. The minimum atomic E-state index is 0. The van der Waals surface area contributed by atoms with Crippen molar-refractivity contribution in [1.29, 1.82) is 0 Å². The van der Waals surface area contributed by atoms with E-state index in [1.807, 2.05) is 24.5 Å². The number of pyridine rings is 1. The second-order valence-electron chi connectivity index (χ2n) is 4.06. The summed E-state index contributed by atoms with van der Waals surface area (Å²) >= 11 is 0. The molecule has 0 bridgehead atoms. The molecule has 4 heteroatoms. The SMILES string of the molecule is Cl.c1cc(COCC2CCNCC2)ccn1. The van der Waals surface area contributed by atoms with Gasteiger partial charge in [0.15, 0.2) is 0 Å². The third-order valence-corrected chi connectivity index (χ3v) is 2.83. The van der Waals surface area contributed by atoms with Gasteiger partial charge in [0.25, 0.3) is 0 Å². The zero-order valence-electron chi connectivity index (χ0n) is 9.39. The minimum Gasteiger partial charge on any atom is -0.376 e. The molecule has 0 amide bonds. The summed E-state index contributed by atoms with van der Waals surface area (Å²) in [5.41, 5.74) is 1.21. The number of piperidine rings is 1. The average molecular weight is 243 g/mol. The molecule has 1 aliphatic heterocycles. The van der Waals surface area contributed by atoms with E-state index in [2.05, 4.69) is 10.3 Å². The van der Waals surface area contributed by atoms with Gasteiger partial charge in [0.2, 0.25) is 0 Å². The maximum Gasteiger partial charge on any atom is 0.0718 e. The molecule has 90 valence electrons. The van der Waals surface area contributed by atoms with Gasteiger partial charge in [0.1, 0.15) is 0 Å². The van der Waals surface area contributed by atoms with Crippen LogP contribution < -0.4 is 5.32 Å². The van der Waals surface area contributed by atoms with Crippen LogP contribution in [0.15, 0.2) is 24.5 Å². The van der Waals surface area contributed by atoms with E-state index in [0.29, 0.717) is 6.61 Å². The summed E-state index contributed by atoms with van der Waals surface area (Å²) in [7, 11) is 0. The summed E-state index contributed by atoms with van der Waals surface area (Å²) in [6.07, 6.45) is 6.11. The van der Waals surface area contributed by atoms with Crippen molar-refractivity contribution < 1.29 is 4.74 Å². The van der Waals surface area contributed by atoms with Gasteiger partial charge in [-0.3, -0.25) is 4.98 Å². The highest BCUT2D eigenvalue weighted by atomic mass is 35.5. The summed E-state index contributed by atoms with van der Waals surface area (Å²) in [6.45, 7) is 3.89. The first kappa shape index (κ1) is 13.4. The molecular weight excluding hydrogens is 224 g/mol. The van der Waals surface area contributed by atoms with Gasteiger partial charge in [0.05, 0.1) is 6.61 Å². The van der Waals surface area contributed by atoms with Crippen molar-refractivity contribution in [1.82, 2.24) is 10.3 Å². The predicted molar refractivity (Wildman–Crippen MR) is 66.7 cm³/mol. The molecule has 0 unspecified atom stereocenters. The van der Waals surface area contributed by atoms with Crippen molar-refractivity contribution in [3.63, 3.8) is 0 Å². The van der Waals surface area contributed by atoms with E-state index in [9.17, 15) is 0 Å². The van der Waals surface area contributed by atoms with E-state index in [-0.39, 0.29) is 12.4 Å². The van der Waals surface area contributed by atoms with E-state index in [0.717, 1.165) is 25.6 Å². The second kappa shape index (κ2) is 7.60. The number of ether oxygens (including phenoxy) is 1. The fraction of sp³-hybridized carbons (Fsp3) is 0.583. The second-order valence-corrected chi connectivity index (χ2v) is 4.06. The van der Waals surface area contributed by atoms with Gasteiger partial charge in [0, 0.05) is 19.0 Å². The van der Waals surface area contributed by atoms with Crippen LogP contribution in [0, 0.1) is 5.92 Å². The molecule has 2 rings (SSSR count). The number of rotatable bonds is 4. The van der Waals surface area contributed by atoms with Gasteiger partial charge in [-0.1, -0.05) is 0 Å². The Balaban J connectivity index is 0.00000128. The number of hydrogen-bond donors (Lipinski definition) is 1. The van der Waals surface area contributed by atoms with Crippen LogP contribution >= 0.6 is 12.4 Å². The summed E-state index contributed by atoms with van der Waals surface area (Å²) < 4.78 is 5.70. The average Bonchev–Trinajstić information content (AvgIpc) is 2.32. The van der Waals surface area contributed by atoms with Crippen molar-refractivity contribution in [2.45, 2.75) is 19.4 Å². The first-order valence-electron chi connectivity index (χ1n) is 5.62. The fourth-order valence-electron chi connectivity index (χ4n) is 1.87. The summed E-state index contributed by atoms with van der Waals surface area (Å²) in [6, 6.07) is 4.00. The molecule has 1 aliphatic rings. The standard InChI is InChI=1S/C12H18N2O.ClH/c1-5-13-6-2-11(1)9-15-10-12-3-7-14-8-4-12;/h1-2,5-6,12,14H,3-4,7-10H2;1H. The monoisotopic (exact) mass is 242 g/mol. The molecule has 0 radical (unpaired) electrons. The molecule has 3 nitrogen and oxygen atoms in total. The Morgan fingerprint density at radius 1 is 1.25 bits per heavy atom. The summed E-state index contributed by atoms with van der Waals surface area (Å²) in [5.74, 6) is 0.744. The molecule has 1 aromatic rings. The maximum atomic E-state index is 5.70. The van der Waals surface area contributed by atoms with Crippen molar-refractivity contribution in [2.75, 3.05) is 19.7 Å². The maximum absolute atomic E-state index is 5.70. The zero-order chi connectivity index (χ0) is 10.3. The Kier molecular flexibility index (Phi) is 6.38. The molecule has 1 fully saturated rings. The third kappa shape index (κ3) is 4.47. The molecule has 2 heterocycles. The molecule has 0 aromatic carbocycles. The molecular formula is C12H19ClN2O. The quantitative estimate of drug-likeness (QED) is 0.877. The van der Waals surface area contributed by atoms with E-state index < -0.39 is 0 Å². The topological polar surface area (TPSA) is 34.1 Å². The highest BCUT2D eigenvalue weighted by Crippen LogP contribution is 2.12. The first-order valence-corrected chi connectivity index (χ1v) is 5.62. The van der Waals surface area contributed by atoms with Crippen molar-refractivity contribution >= 4 is 12.4 Å². The fourth-order valence-corrected chi connectivity index (χ4v) is 1.87.